The molecule has 8 nitrogen and oxygen atoms in total. The third kappa shape index (κ3) is 3.98. The SMILES string of the molecule is CC(=O)O[C@H]1C2C(C)(C)CCC[C@]2(C)C2=C(COC2=O)[C@@H]1[C@H]1C2=C(C(=O)OC2)[C@@]2(C)CCCC(C)(C)C2[C@@H]1OC(C)=O. The zero-order chi connectivity index (χ0) is 30.6. The normalized spacial score (nSPS) is 41.6. The summed E-state index contributed by atoms with van der Waals surface area (Å²) in [6.07, 6.45) is 4.15. The predicted octanol–water partition coefficient (Wildman–Crippen LogP) is 5.48. The van der Waals surface area contributed by atoms with Crippen LogP contribution in [0.25, 0.3) is 0 Å². The summed E-state index contributed by atoms with van der Waals surface area (Å²) >= 11 is 0. The molecule has 2 heterocycles. The molecule has 0 saturated heterocycles. The van der Waals surface area contributed by atoms with Crippen LogP contribution in [-0.2, 0) is 38.1 Å². The lowest BCUT2D eigenvalue weighted by Crippen LogP contribution is -2.62. The van der Waals surface area contributed by atoms with E-state index in [4.69, 9.17) is 18.9 Å². The number of hydrogen-bond acceptors (Lipinski definition) is 8. The van der Waals surface area contributed by atoms with Crippen LogP contribution in [0.2, 0.25) is 0 Å². The Bertz CT molecular complexity index is 1220. The van der Waals surface area contributed by atoms with Gasteiger partial charge in [0.25, 0.3) is 0 Å². The smallest absolute Gasteiger partial charge is 0.334 e. The third-order valence-electron chi connectivity index (χ3n) is 12.2. The van der Waals surface area contributed by atoms with Crippen molar-refractivity contribution in [2.75, 3.05) is 13.2 Å². The average Bonchev–Trinajstić information content (AvgIpc) is 3.42. The van der Waals surface area contributed by atoms with Gasteiger partial charge in [-0.05, 0) is 47.7 Å². The number of rotatable bonds is 3. The van der Waals surface area contributed by atoms with Gasteiger partial charge in [-0.25, -0.2) is 9.59 Å². The summed E-state index contributed by atoms with van der Waals surface area (Å²) in [5.74, 6) is -2.75. The second kappa shape index (κ2) is 9.43. The van der Waals surface area contributed by atoms with E-state index < -0.39 is 46.8 Å². The molecule has 8 heteroatoms. The summed E-state index contributed by atoms with van der Waals surface area (Å²) in [5.41, 5.74) is 1.46. The molecule has 0 aromatic heterocycles. The van der Waals surface area contributed by atoms with Crippen molar-refractivity contribution in [3.8, 4) is 0 Å². The van der Waals surface area contributed by atoms with E-state index in [1.165, 1.54) is 13.8 Å². The van der Waals surface area contributed by atoms with E-state index in [9.17, 15) is 19.2 Å². The molecule has 4 aliphatic carbocycles. The molecule has 6 rings (SSSR count). The van der Waals surface area contributed by atoms with Gasteiger partial charge in [0, 0.05) is 59.5 Å². The van der Waals surface area contributed by atoms with Crippen molar-refractivity contribution in [2.45, 2.75) is 106 Å². The van der Waals surface area contributed by atoms with E-state index in [0.717, 1.165) is 49.7 Å². The van der Waals surface area contributed by atoms with Gasteiger partial charge >= 0.3 is 23.9 Å². The molecule has 0 N–H and O–H groups in total. The van der Waals surface area contributed by atoms with Gasteiger partial charge in [0.05, 0.1) is 0 Å². The first-order valence-corrected chi connectivity index (χ1v) is 15.7. The Kier molecular flexibility index (Phi) is 6.61. The summed E-state index contributed by atoms with van der Waals surface area (Å²) in [6.45, 7) is 16.1. The van der Waals surface area contributed by atoms with Crippen LogP contribution in [0.5, 0.6) is 0 Å². The maximum atomic E-state index is 13.6. The number of carbonyl (C=O) groups excluding carboxylic acids is 4. The summed E-state index contributed by atoms with van der Waals surface area (Å²) in [4.78, 5) is 53.0. The average molecular weight is 583 g/mol. The zero-order valence-electron chi connectivity index (χ0n) is 26.4. The second-order valence-electron chi connectivity index (χ2n) is 15.6. The number of cyclic esters (lactones) is 2. The molecule has 42 heavy (non-hydrogen) atoms. The summed E-state index contributed by atoms with van der Waals surface area (Å²) in [7, 11) is 0. The third-order valence-corrected chi connectivity index (χ3v) is 12.2. The molecule has 0 aromatic carbocycles. The number of hydrogen-bond donors (Lipinski definition) is 0. The van der Waals surface area contributed by atoms with Crippen LogP contribution in [0.1, 0.15) is 93.9 Å². The largest absolute Gasteiger partial charge is 0.462 e. The number of carbonyl (C=O) groups is 4. The van der Waals surface area contributed by atoms with Crippen LogP contribution in [-0.4, -0.2) is 49.3 Å². The summed E-state index contributed by atoms with van der Waals surface area (Å²) < 4.78 is 24.4. The highest BCUT2D eigenvalue weighted by atomic mass is 16.6. The fraction of sp³-hybridized carbons (Fsp3) is 0.765. The zero-order valence-corrected chi connectivity index (χ0v) is 26.4. The fourth-order valence-corrected chi connectivity index (χ4v) is 11.2. The number of esters is 4. The van der Waals surface area contributed by atoms with Gasteiger partial charge in [-0.1, -0.05) is 54.4 Å². The molecular formula is C34H46O8. The molecule has 2 unspecified atom stereocenters. The van der Waals surface area contributed by atoms with Gasteiger partial charge in [0.15, 0.2) is 0 Å². The van der Waals surface area contributed by atoms with Gasteiger partial charge in [0.2, 0.25) is 0 Å². The van der Waals surface area contributed by atoms with Crippen molar-refractivity contribution in [3.63, 3.8) is 0 Å². The van der Waals surface area contributed by atoms with Gasteiger partial charge in [-0.3, -0.25) is 9.59 Å². The maximum absolute atomic E-state index is 13.6. The number of ether oxygens (including phenoxy) is 4. The first-order chi connectivity index (χ1) is 19.5. The highest BCUT2D eigenvalue weighted by Crippen LogP contribution is 2.68. The fourth-order valence-electron chi connectivity index (χ4n) is 11.2. The van der Waals surface area contributed by atoms with Gasteiger partial charge in [0.1, 0.15) is 25.4 Å². The molecule has 0 radical (unpaired) electrons. The molecule has 8 atom stereocenters. The Balaban J connectivity index is 1.67. The standard InChI is InChI=1S/C34H46O8/c1-17(35)41-25-21(19-15-39-29(37)23(19)33(7)13-9-11-31(3,4)27(25)33)22-20-16-40-30(38)24(20)34(8)14-10-12-32(5,6)28(34)26(22)42-18(2)36/h21-22,25-28H,9-16H2,1-8H3/t21-,22-,25-,26-,27?,28?,33-,34-/m1/s1. The van der Waals surface area contributed by atoms with Crippen LogP contribution in [0.15, 0.2) is 22.3 Å². The lowest BCUT2D eigenvalue weighted by atomic mass is 9.43. The molecule has 0 amide bonds. The minimum absolute atomic E-state index is 0.103. The Morgan fingerprint density at radius 3 is 1.33 bits per heavy atom. The van der Waals surface area contributed by atoms with E-state index >= 15 is 0 Å². The molecular weight excluding hydrogens is 536 g/mol. The highest BCUT2D eigenvalue weighted by molar-refractivity contribution is 5.95. The Morgan fingerprint density at radius 1 is 0.643 bits per heavy atom. The van der Waals surface area contributed by atoms with E-state index in [-0.39, 0.29) is 47.8 Å². The first kappa shape index (κ1) is 29.4. The van der Waals surface area contributed by atoms with Crippen molar-refractivity contribution in [3.05, 3.63) is 22.3 Å². The predicted molar refractivity (Wildman–Crippen MR) is 153 cm³/mol. The molecule has 0 spiro atoms. The van der Waals surface area contributed by atoms with Gasteiger partial charge < -0.3 is 18.9 Å². The first-order valence-electron chi connectivity index (χ1n) is 15.7. The van der Waals surface area contributed by atoms with Crippen molar-refractivity contribution >= 4 is 23.9 Å². The van der Waals surface area contributed by atoms with E-state index in [2.05, 4.69) is 41.5 Å². The van der Waals surface area contributed by atoms with Crippen molar-refractivity contribution in [1.29, 1.82) is 0 Å². The summed E-state index contributed by atoms with van der Waals surface area (Å²) in [5, 5.41) is 0. The minimum Gasteiger partial charge on any atom is -0.462 e. The molecule has 2 aliphatic heterocycles. The quantitative estimate of drug-likeness (QED) is 0.318. The monoisotopic (exact) mass is 582 g/mol. The van der Waals surface area contributed by atoms with Gasteiger partial charge in [-0.2, -0.15) is 0 Å². The maximum Gasteiger partial charge on any atom is 0.334 e. The van der Waals surface area contributed by atoms with E-state index in [1.807, 2.05) is 0 Å². The molecule has 0 aromatic rings. The minimum atomic E-state index is -0.598. The van der Waals surface area contributed by atoms with E-state index in [0.29, 0.717) is 11.1 Å². The van der Waals surface area contributed by atoms with Gasteiger partial charge in [-0.15, -0.1) is 0 Å². The second-order valence-corrected chi connectivity index (χ2v) is 15.6. The lowest BCUT2D eigenvalue weighted by molar-refractivity contribution is -0.186. The summed E-state index contributed by atoms with van der Waals surface area (Å²) in [6, 6.07) is 0. The molecule has 230 valence electrons. The van der Waals surface area contributed by atoms with Crippen molar-refractivity contribution in [2.24, 2.45) is 45.3 Å². The topological polar surface area (TPSA) is 105 Å². The lowest BCUT2D eigenvalue weighted by Gasteiger charge is -2.62. The van der Waals surface area contributed by atoms with Crippen LogP contribution in [0.3, 0.4) is 0 Å². The van der Waals surface area contributed by atoms with Crippen LogP contribution < -0.4 is 0 Å². The molecule has 0 bridgehead atoms. The number of fused-ring (bicyclic) bond motifs is 4. The van der Waals surface area contributed by atoms with Crippen LogP contribution >= 0.6 is 0 Å². The Hall–Kier alpha value is -2.64. The van der Waals surface area contributed by atoms with E-state index in [1.54, 1.807) is 0 Å². The van der Waals surface area contributed by atoms with Crippen LogP contribution in [0.4, 0.5) is 0 Å². The van der Waals surface area contributed by atoms with Crippen molar-refractivity contribution < 1.29 is 38.1 Å². The Morgan fingerprint density at radius 2 is 1.00 bits per heavy atom. The molecule has 2 saturated carbocycles. The molecule has 6 aliphatic rings. The van der Waals surface area contributed by atoms with Crippen molar-refractivity contribution in [1.82, 2.24) is 0 Å². The molecule has 2 fully saturated rings. The van der Waals surface area contributed by atoms with Crippen LogP contribution in [0, 0.1) is 45.3 Å². The Labute approximate surface area is 248 Å². The highest BCUT2D eigenvalue weighted by Gasteiger charge is 2.68.